The lowest BCUT2D eigenvalue weighted by atomic mass is 10.2. The average molecular weight is 555 g/mol. The van der Waals surface area contributed by atoms with E-state index in [1.54, 1.807) is 32.2 Å². The van der Waals surface area contributed by atoms with Crippen LogP contribution in [0.2, 0.25) is 10.0 Å². The van der Waals surface area contributed by atoms with Gasteiger partial charge in [0.1, 0.15) is 5.75 Å². The largest absolute Gasteiger partial charge is 0.495 e. The van der Waals surface area contributed by atoms with Gasteiger partial charge in [0.2, 0.25) is 0 Å². The predicted octanol–water partition coefficient (Wildman–Crippen LogP) is 5.83. The second-order valence-corrected chi connectivity index (χ2v) is 9.94. The molecule has 0 saturated carbocycles. The molecule has 1 aromatic heterocycles. The lowest BCUT2D eigenvalue weighted by molar-refractivity contribution is -0.120. The summed E-state index contributed by atoms with van der Waals surface area (Å²) in [6, 6.07) is 22.4. The molecule has 8 nitrogen and oxygen atoms in total. The maximum Gasteiger partial charge on any atom is 0.253 e. The Bertz CT molecular complexity index is 1400. The Kier molecular flexibility index (Phi) is 9.05. The van der Waals surface area contributed by atoms with Crippen LogP contribution in [-0.4, -0.2) is 39.2 Å². The Balaban J connectivity index is 1.48. The van der Waals surface area contributed by atoms with Crippen molar-refractivity contribution in [3.05, 3.63) is 94.2 Å². The number of halogens is 2. The summed E-state index contributed by atoms with van der Waals surface area (Å²) in [5, 5.41) is 17.2. The van der Waals surface area contributed by atoms with Crippen molar-refractivity contribution in [3.63, 3.8) is 0 Å². The standard InChI is InChI=1S/C26H24Cl2N6O2S/c1-17(25(35)32-30-15-18-12-13-19(27)14-21(18)28)37-26-33-31-24(34(26)20-8-4-3-5-9-20)16-29-22-10-6-7-11-23(22)36-2/h3-15,17,29H,16H2,1-2H3,(H,32,35)/t17-/m1/s1. The molecule has 11 heteroatoms. The minimum atomic E-state index is -0.500. The molecular formula is C26H24Cl2N6O2S. The van der Waals surface area contributed by atoms with Crippen molar-refractivity contribution in [3.8, 4) is 11.4 Å². The quantitative estimate of drug-likeness (QED) is 0.145. The van der Waals surface area contributed by atoms with Crippen molar-refractivity contribution in [2.24, 2.45) is 5.10 Å². The van der Waals surface area contributed by atoms with Crippen LogP contribution in [0.4, 0.5) is 5.69 Å². The lowest BCUT2D eigenvalue weighted by Gasteiger charge is -2.14. The highest BCUT2D eigenvalue weighted by molar-refractivity contribution is 8.00. The molecule has 0 aliphatic carbocycles. The highest BCUT2D eigenvalue weighted by Gasteiger charge is 2.21. The molecule has 0 radical (unpaired) electrons. The van der Waals surface area contributed by atoms with E-state index in [2.05, 4.69) is 26.0 Å². The number of ether oxygens (including phenoxy) is 1. The summed E-state index contributed by atoms with van der Waals surface area (Å²) in [4.78, 5) is 12.7. The van der Waals surface area contributed by atoms with Crippen LogP contribution in [0.15, 0.2) is 83.1 Å². The van der Waals surface area contributed by atoms with Gasteiger partial charge in [0.15, 0.2) is 11.0 Å². The molecule has 4 aromatic rings. The third-order valence-corrected chi connectivity index (χ3v) is 6.86. The zero-order chi connectivity index (χ0) is 26.2. The summed E-state index contributed by atoms with van der Waals surface area (Å²) < 4.78 is 7.35. The van der Waals surface area contributed by atoms with Gasteiger partial charge in [0, 0.05) is 16.3 Å². The minimum Gasteiger partial charge on any atom is -0.495 e. The summed E-state index contributed by atoms with van der Waals surface area (Å²) >= 11 is 13.4. The molecular weight excluding hydrogens is 531 g/mol. The molecule has 0 spiro atoms. The van der Waals surface area contributed by atoms with Crippen LogP contribution in [0.3, 0.4) is 0 Å². The summed E-state index contributed by atoms with van der Waals surface area (Å²) in [7, 11) is 1.63. The Labute approximate surface area is 229 Å². The zero-order valence-electron chi connectivity index (χ0n) is 20.1. The minimum absolute atomic E-state index is 0.289. The molecule has 4 rings (SSSR count). The molecule has 0 aliphatic heterocycles. The third kappa shape index (κ3) is 6.82. The maximum absolute atomic E-state index is 12.7. The molecule has 2 N–H and O–H groups in total. The van der Waals surface area contributed by atoms with Crippen LogP contribution in [0.25, 0.3) is 5.69 Å². The number of hydrogen-bond donors (Lipinski definition) is 2. The van der Waals surface area contributed by atoms with Crippen molar-refractivity contribution in [2.45, 2.75) is 23.9 Å². The van der Waals surface area contributed by atoms with Gasteiger partial charge in [-0.2, -0.15) is 5.10 Å². The van der Waals surface area contributed by atoms with Gasteiger partial charge in [-0.05, 0) is 43.3 Å². The summed E-state index contributed by atoms with van der Waals surface area (Å²) in [6.45, 7) is 2.18. The van der Waals surface area contributed by atoms with Gasteiger partial charge >= 0.3 is 0 Å². The van der Waals surface area contributed by atoms with E-state index in [0.29, 0.717) is 33.1 Å². The van der Waals surface area contributed by atoms with E-state index in [4.69, 9.17) is 27.9 Å². The first-order valence-corrected chi connectivity index (χ1v) is 12.9. The first-order chi connectivity index (χ1) is 18.0. The Hall–Kier alpha value is -3.53. The fourth-order valence-electron chi connectivity index (χ4n) is 3.37. The highest BCUT2D eigenvalue weighted by Crippen LogP contribution is 2.28. The Morgan fingerprint density at radius 3 is 2.62 bits per heavy atom. The van der Waals surface area contributed by atoms with Gasteiger partial charge in [-0.15, -0.1) is 10.2 Å². The van der Waals surface area contributed by atoms with Gasteiger partial charge in [-0.3, -0.25) is 9.36 Å². The second-order valence-electron chi connectivity index (χ2n) is 7.78. The van der Waals surface area contributed by atoms with Crippen molar-refractivity contribution in [1.29, 1.82) is 0 Å². The van der Waals surface area contributed by atoms with Crippen molar-refractivity contribution in [1.82, 2.24) is 20.2 Å². The van der Waals surface area contributed by atoms with Crippen LogP contribution in [0.5, 0.6) is 5.75 Å². The number of anilines is 1. The van der Waals surface area contributed by atoms with E-state index >= 15 is 0 Å². The number of carbonyl (C=O) groups excluding carboxylic acids is 1. The zero-order valence-corrected chi connectivity index (χ0v) is 22.4. The lowest BCUT2D eigenvalue weighted by Crippen LogP contribution is -2.27. The van der Waals surface area contributed by atoms with Crippen LogP contribution in [0, 0.1) is 0 Å². The third-order valence-electron chi connectivity index (χ3n) is 5.25. The molecule has 0 saturated heterocycles. The number of para-hydroxylation sites is 3. The number of thioether (sulfide) groups is 1. The smallest absolute Gasteiger partial charge is 0.253 e. The summed E-state index contributed by atoms with van der Waals surface area (Å²) in [5.74, 6) is 1.12. The van der Waals surface area contributed by atoms with Gasteiger partial charge < -0.3 is 10.1 Å². The van der Waals surface area contributed by atoms with E-state index in [9.17, 15) is 4.79 Å². The molecule has 0 bridgehead atoms. The van der Waals surface area contributed by atoms with Crippen molar-refractivity contribution >= 4 is 52.8 Å². The molecule has 0 fully saturated rings. The fraction of sp³-hybridized carbons (Fsp3) is 0.154. The number of carbonyl (C=O) groups is 1. The monoisotopic (exact) mass is 554 g/mol. The highest BCUT2D eigenvalue weighted by atomic mass is 35.5. The fourth-order valence-corrected chi connectivity index (χ4v) is 4.70. The molecule has 0 unspecified atom stereocenters. The van der Waals surface area contributed by atoms with Crippen molar-refractivity contribution in [2.75, 3.05) is 12.4 Å². The first kappa shape index (κ1) is 26.5. The van der Waals surface area contributed by atoms with E-state index in [-0.39, 0.29) is 5.91 Å². The predicted molar refractivity (Wildman–Crippen MR) is 149 cm³/mol. The first-order valence-electron chi connectivity index (χ1n) is 11.3. The molecule has 1 amide bonds. The van der Waals surface area contributed by atoms with Gasteiger partial charge in [0.05, 0.1) is 35.8 Å². The van der Waals surface area contributed by atoms with Gasteiger partial charge in [-0.25, -0.2) is 5.43 Å². The number of aromatic nitrogens is 3. The molecule has 37 heavy (non-hydrogen) atoms. The van der Waals surface area contributed by atoms with Gasteiger partial charge in [-0.1, -0.05) is 71.4 Å². The normalized spacial score (nSPS) is 11.9. The SMILES string of the molecule is COc1ccccc1NCc1nnc(S[C@H](C)C(=O)NN=Cc2ccc(Cl)cc2Cl)n1-c1ccccc1. The number of amides is 1. The number of hydrogen-bond acceptors (Lipinski definition) is 7. The average Bonchev–Trinajstić information content (AvgIpc) is 3.31. The van der Waals surface area contributed by atoms with Crippen LogP contribution in [-0.2, 0) is 11.3 Å². The van der Waals surface area contributed by atoms with E-state index in [1.807, 2.05) is 59.2 Å². The van der Waals surface area contributed by atoms with E-state index < -0.39 is 5.25 Å². The number of nitrogens with one attached hydrogen (secondary N) is 2. The number of rotatable bonds is 10. The molecule has 1 heterocycles. The van der Waals surface area contributed by atoms with Crippen molar-refractivity contribution < 1.29 is 9.53 Å². The van der Waals surface area contributed by atoms with Crippen LogP contribution < -0.4 is 15.5 Å². The Morgan fingerprint density at radius 1 is 1.11 bits per heavy atom. The molecule has 1 atom stereocenters. The van der Waals surface area contributed by atoms with Crippen LogP contribution >= 0.6 is 35.0 Å². The number of hydrazone groups is 1. The topological polar surface area (TPSA) is 93.4 Å². The molecule has 190 valence electrons. The second kappa shape index (κ2) is 12.6. The number of benzene rings is 3. The van der Waals surface area contributed by atoms with Gasteiger partial charge in [0.25, 0.3) is 5.91 Å². The summed E-state index contributed by atoms with van der Waals surface area (Å²) in [6.07, 6.45) is 1.47. The molecule has 0 aliphatic rings. The number of methoxy groups -OCH3 is 1. The summed E-state index contributed by atoms with van der Waals surface area (Å²) in [5.41, 5.74) is 4.92. The van der Waals surface area contributed by atoms with Crippen LogP contribution in [0.1, 0.15) is 18.3 Å². The van der Waals surface area contributed by atoms with E-state index in [1.165, 1.54) is 18.0 Å². The maximum atomic E-state index is 12.7. The Morgan fingerprint density at radius 2 is 1.86 bits per heavy atom. The van der Waals surface area contributed by atoms with E-state index in [0.717, 1.165) is 17.1 Å². The number of nitrogens with zero attached hydrogens (tertiary/aromatic N) is 4. The molecule has 3 aromatic carbocycles.